The van der Waals surface area contributed by atoms with Gasteiger partial charge in [-0.1, -0.05) is 12.8 Å². The van der Waals surface area contributed by atoms with Gasteiger partial charge in [0.05, 0.1) is 0 Å². The largest absolute Gasteiger partial charge is 0.454 e. The highest BCUT2D eigenvalue weighted by atomic mass is 19.1. The average molecular weight is 265 g/mol. The van der Waals surface area contributed by atoms with Gasteiger partial charge in [0.1, 0.15) is 6.17 Å². The van der Waals surface area contributed by atoms with Gasteiger partial charge in [-0.25, -0.2) is 4.39 Å². The molecule has 1 aromatic carbocycles. The molecule has 3 rings (SSSR count). The number of rotatable bonds is 3. The summed E-state index contributed by atoms with van der Waals surface area (Å²) in [5, 5.41) is 0. The van der Waals surface area contributed by atoms with Crippen molar-refractivity contribution in [2.75, 3.05) is 13.3 Å². The third kappa shape index (κ3) is 1.98. The van der Waals surface area contributed by atoms with Gasteiger partial charge in [0.25, 0.3) is 0 Å². The van der Waals surface area contributed by atoms with E-state index in [1.165, 1.54) is 12.8 Å². The van der Waals surface area contributed by atoms with E-state index in [4.69, 9.17) is 15.2 Å². The average Bonchev–Trinajstić information content (AvgIpc) is 3.06. The van der Waals surface area contributed by atoms with Crippen LogP contribution in [0, 0.1) is 0 Å². The first kappa shape index (κ1) is 12.7. The number of nitrogens with two attached hydrogens (primary N) is 1. The molecule has 0 saturated heterocycles. The van der Waals surface area contributed by atoms with Crippen molar-refractivity contribution in [1.29, 1.82) is 0 Å². The maximum atomic E-state index is 13.7. The first-order valence-electron chi connectivity index (χ1n) is 6.94. The lowest BCUT2D eigenvalue weighted by Gasteiger charge is -2.29. The highest BCUT2D eigenvalue weighted by Crippen LogP contribution is 2.49. The molecule has 1 aliphatic heterocycles. The third-order valence-electron chi connectivity index (χ3n) is 4.48. The topological polar surface area (TPSA) is 44.5 Å². The maximum absolute atomic E-state index is 13.7. The minimum absolute atomic E-state index is 0.0668. The summed E-state index contributed by atoms with van der Waals surface area (Å²) in [6.45, 7) is 2.34. The Balaban J connectivity index is 2.13. The van der Waals surface area contributed by atoms with Crippen molar-refractivity contribution < 1.29 is 13.9 Å². The van der Waals surface area contributed by atoms with Gasteiger partial charge in [0.15, 0.2) is 11.5 Å². The number of ether oxygens (including phenoxy) is 2. The van der Waals surface area contributed by atoms with Crippen LogP contribution in [0.15, 0.2) is 12.1 Å². The molecule has 0 radical (unpaired) electrons. The van der Waals surface area contributed by atoms with Crippen molar-refractivity contribution in [3.8, 4) is 11.5 Å². The Morgan fingerprint density at radius 1 is 1.32 bits per heavy atom. The van der Waals surface area contributed by atoms with Crippen LogP contribution < -0.4 is 15.2 Å². The van der Waals surface area contributed by atoms with E-state index in [0.29, 0.717) is 17.9 Å². The summed E-state index contributed by atoms with van der Waals surface area (Å²) < 4.78 is 24.7. The highest BCUT2D eigenvalue weighted by molar-refractivity contribution is 5.55. The summed E-state index contributed by atoms with van der Waals surface area (Å²) >= 11 is 0. The second-order valence-corrected chi connectivity index (χ2v) is 5.61. The van der Waals surface area contributed by atoms with E-state index in [-0.39, 0.29) is 12.2 Å². The third-order valence-corrected chi connectivity index (χ3v) is 4.48. The SMILES string of the molecule is CC(F)c1cc2c(c(C3(CN)CCCC3)c1)OCO2. The van der Waals surface area contributed by atoms with E-state index < -0.39 is 6.17 Å². The van der Waals surface area contributed by atoms with E-state index in [0.717, 1.165) is 24.2 Å². The molecule has 2 aliphatic rings. The Kier molecular flexibility index (Phi) is 3.13. The number of halogens is 1. The van der Waals surface area contributed by atoms with Gasteiger partial charge in [-0.3, -0.25) is 0 Å². The van der Waals surface area contributed by atoms with E-state index in [1.807, 2.05) is 6.07 Å². The number of alkyl halides is 1. The predicted molar refractivity (Wildman–Crippen MR) is 71.3 cm³/mol. The summed E-state index contributed by atoms with van der Waals surface area (Å²) in [5.74, 6) is 1.44. The van der Waals surface area contributed by atoms with Crippen LogP contribution in [0.25, 0.3) is 0 Å². The molecule has 1 fully saturated rings. The lowest BCUT2D eigenvalue weighted by atomic mass is 9.77. The quantitative estimate of drug-likeness (QED) is 0.912. The summed E-state index contributed by atoms with van der Waals surface area (Å²) in [7, 11) is 0. The molecule has 0 bridgehead atoms. The number of fused-ring (bicyclic) bond motifs is 1. The molecule has 3 nitrogen and oxygen atoms in total. The predicted octanol–water partition coefficient (Wildman–Crippen LogP) is 3.22. The maximum Gasteiger partial charge on any atom is 0.231 e. The molecule has 19 heavy (non-hydrogen) atoms. The molecular weight excluding hydrogens is 245 g/mol. The van der Waals surface area contributed by atoms with Crippen molar-refractivity contribution in [1.82, 2.24) is 0 Å². The molecule has 4 heteroatoms. The number of benzene rings is 1. The van der Waals surface area contributed by atoms with Gasteiger partial charge < -0.3 is 15.2 Å². The van der Waals surface area contributed by atoms with Crippen molar-refractivity contribution in [3.05, 3.63) is 23.3 Å². The molecule has 104 valence electrons. The minimum atomic E-state index is -1.01. The van der Waals surface area contributed by atoms with Crippen LogP contribution in [-0.4, -0.2) is 13.3 Å². The van der Waals surface area contributed by atoms with Gasteiger partial charge >= 0.3 is 0 Å². The Bertz CT molecular complexity index is 481. The fourth-order valence-corrected chi connectivity index (χ4v) is 3.29. The molecule has 1 aromatic rings. The second-order valence-electron chi connectivity index (χ2n) is 5.61. The van der Waals surface area contributed by atoms with Gasteiger partial charge in [0, 0.05) is 17.5 Å². The zero-order valence-corrected chi connectivity index (χ0v) is 11.2. The van der Waals surface area contributed by atoms with Crippen molar-refractivity contribution in [3.63, 3.8) is 0 Å². The Labute approximate surface area is 112 Å². The van der Waals surface area contributed by atoms with Crippen molar-refractivity contribution in [2.45, 2.75) is 44.2 Å². The van der Waals surface area contributed by atoms with Crippen LogP contribution in [0.2, 0.25) is 0 Å². The van der Waals surface area contributed by atoms with Crippen molar-refractivity contribution >= 4 is 0 Å². The molecule has 2 N–H and O–H groups in total. The molecule has 1 aliphatic carbocycles. The van der Waals surface area contributed by atoms with Gasteiger partial charge in [-0.15, -0.1) is 0 Å². The van der Waals surface area contributed by atoms with E-state index in [9.17, 15) is 4.39 Å². The Morgan fingerprint density at radius 2 is 2.05 bits per heavy atom. The molecule has 1 atom stereocenters. The van der Waals surface area contributed by atoms with E-state index >= 15 is 0 Å². The first-order valence-corrected chi connectivity index (χ1v) is 6.94. The second kappa shape index (κ2) is 4.67. The fourth-order valence-electron chi connectivity index (χ4n) is 3.29. The zero-order chi connectivity index (χ0) is 13.5. The monoisotopic (exact) mass is 265 g/mol. The highest BCUT2D eigenvalue weighted by Gasteiger charge is 2.39. The smallest absolute Gasteiger partial charge is 0.231 e. The summed E-state index contributed by atoms with van der Waals surface area (Å²) in [6.07, 6.45) is 3.42. The van der Waals surface area contributed by atoms with Crippen LogP contribution in [0.4, 0.5) is 4.39 Å². The van der Waals surface area contributed by atoms with Crippen LogP contribution in [0.3, 0.4) is 0 Å². The van der Waals surface area contributed by atoms with Gasteiger partial charge in [-0.2, -0.15) is 0 Å². The minimum Gasteiger partial charge on any atom is -0.454 e. The summed E-state index contributed by atoms with van der Waals surface area (Å²) in [6, 6.07) is 3.67. The first-order chi connectivity index (χ1) is 9.16. The molecule has 0 aromatic heterocycles. The Hall–Kier alpha value is -1.29. The van der Waals surface area contributed by atoms with Crippen molar-refractivity contribution in [2.24, 2.45) is 5.73 Å². The standard InChI is InChI=1S/C15H20FNO2/c1-10(16)11-6-12(14-13(7-11)18-9-19-14)15(8-17)4-2-3-5-15/h6-7,10H,2-5,8-9,17H2,1H3. The van der Waals surface area contributed by atoms with Crippen LogP contribution >= 0.6 is 0 Å². The van der Waals surface area contributed by atoms with Crippen LogP contribution in [0.1, 0.15) is 49.9 Å². The number of hydrogen-bond acceptors (Lipinski definition) is 3. The van der Waals surface area contributed by atoms with E-state index in [2.05, 4.69) is 0 Å². The normalized spacial score (nSPS) is 21.6. The van der Waals surface area contributed by atoms with Crippen LogP contribution in [0.5, 0.6) is 11.5 Å². The fraction of sp³-hybridized carbons (Fsp3) is 0.600. The lowest BCUT2D eigenvalue weighted by molar-refractivity contribution is 0.172. The molecule has 1 saturated carbocycles. The zero-order valence-electron chi connectivity index (χ0n) is 11.2. The number of hydrogen-bond donors (Lipinski definition) is 1. The van der Waals surface area contributed by atoms with Gasteiger partial charge in [-0.05, 0) is 37.5 Å². The summed E-state index contributed by atoms with van der Waals surface area (Å²) in [5.41, 5.74) is 7.66. The van der Waals surface area contributed by atoms with Crippen LogP contribution in [-0.2, 0) is 5.41 Å². The molecule has 0 spiro atoms. The lowest BCUT2D eigenvalue weighted by Crippen LogP contribution is -2.32. The van der Waals surface area contributed by atoms with Gasteiger partial charge in [0.2, 0.25) is 6.79 Å². The molecule has 1 heterocycles. The molecule has 0 amide bonds. The molecular formula is C15H20FNO2. The molecule has 1 unspecified atom stereocenters. The summed E-state index contributed by atoms with van der Waals surface area (Å²) in [4.78, 5) is 0. The Morgan fingerprint density at radius 3 is 2.68 bits per heavy atom. The van der Waals surface area contributed by atoms with E-state index in [1.54, 1.807) is 13.0 Å².